The second-order valence-electron chi connectivity index (χ2n) is 4.90. The van der Waals surface area contributed by atoms with Crippen molar-refractivity contribution < 1.29 is 23.1 Å². The number of carboxylic acids is 1. The van der Waals surface area contributed by atoms with Crippen LogP contribution in [-0.2, 0) is 14.8 Å². The Morgan fingerprint density at radius 1 is 1.30 bits per heavy atom. The molecule has 1 aliphatic rings. The topological polar surface area (TPSA) is 83.9 Å². The van der Waals surface area contributed by atoms with Gasteiger partial charge >= 0.3 is 5.97 Å². The van der Waals surface area contributed by atoms with Gasteiger partial charge in [0, 0.05) is 12.6 Å². The van der Waals surface area contributed by atoms with Crippen molar-refractivity contribution in [2.24, 2.45) is 0 Å². The molecule has 2 rings (SSSR count). The van der Waals surface area contributed by atoms with Crippen LogP contribution >= 0.6 is 0 Å². The van der Waals surface area contributed by atoms with Gasteiger partial charge in [0.25, 0.3) is 0 Å². The molecule has 0 spiro atoms. The number of hydrogen-bond donors (Lipinski definition) is 1. The minimum absolute atomic E-state index is 0.0624. The molecule has 110 valence electrons. The van der Waals surface area contributed by atoms with Crippen LogP contribution in [0, 0.1) is 0 Å². The van der Waals surface area contributed by atoms with E-state index >= 15 is 0 Å². The lowest BCUT2D eigenvalue weighted by atomic mass is 10.2. The van der Waals surface area contributed by atoms with Crippen LogP contribution in [0.2, 0.25) is 0 Å². The highest BCUT2D eigenvalue weighted by Crippen LogP contribution is 2.22. The monoisotopic (exact) mass is 299 g/mol. The fraction of sp³-hybridized carbons (Fsp3) is 0.462. The van der Waals surface area contributed by atoms with Crippen molar-refractivity contribution in [1.29, 1.82) is 0 Å². The van der Waals surface area contributed by atoms with E-state index in [0.29, 0.717) is 13.2 Å². The maximum absolute atomic E-state index is 12.5. The molecule has 20 heavy (non-hydrogen) atoms. The third-order valence-corrected chi connectivity index (χ3v) is 5.25. The second kappa shape index (κ2) is 5.51. The van der Waals surface area contributed by atoms with Crippen LogP contribution in [-0.4, -0.2) is 49.1 Å². The van der Waals surface area contributed by atoms with Crippen LogP contribution in [0.25, 0.3) is 0 Å². The summed E-state index contributed by atoms with van der Waals surface area (Å²) in [7, 11) is -3.63. The summed E-state index contributed by atoms with van der Waals surface area (Å²) in [4.78, 5) is 10.9. The summed E-state index contributed by atoms with van der Waals surface area (Å²) in [5, 5.41) is 8.83. The zero-order valence-electron chi connectivity index (χ0n) is 11.3. The Balaban J connectivity index is 2.31. The van der Waals surface area contributed by atoms with Crippen molar-refractivity contribution in [2.75, 3.05) is 13.2 Å². The number of hydrogen-bond acceptors (Lipinski definition) is 4. The van der Waals surface area contributed by atoms with E-state index in [9.17, 15) is 13.2 Å². The number of morpholine rings is 1. The zero-order valence-corrected chi connectivity index (χ0v) is 12.1. The third-order valence-electron chi connectivity index (χ3n) is 3.26. The Bertz CT molecular complexity index is 596. The molecule has 0 bridgehead atoms. The molecule has 1 aromatic rings. The van der Waals surface area contributed by atoms with E-state index in [1.165, 1.54) is 28.6 Å². The van der Waals surface area contributed by atoms with Gasteiger partial charge in [0.15, 0.2) is 0 Å². The summed E-state index contributed by atoms with van der Waals surface area (Å²) in [5.74, 6) is -1.08. The van der Waals surface area contributed by atoms with Crippen molar-refractivity contribution in [3.05, 3.63) is 29.8 Å². The van der Waals surface area contributed by atoms with Crippen molar-refractivity contribution in [3.63, 3.8) is 0 Å². The Labute approximate surface area is 118 Å². The Morgan fingerprint density at radius 3 is 2.45 bits per heavy atom. The quantitative estimate of drug-likeness (QED) is 0.906. The van der Waals surface area contributed by atoms with E-state index < -0.39 is 16.0 Å². The average Bonchev–Trinajstić information content (AvgIpc) is 2.41. The molecule has 7 heteroatoms. The first kappa shape index (κ1) is 15.0. The minimum Gasteiger partial charge on any atom is -0.478 e. The molecule has 1 aliphatic heterocycles. The first-order valence-electron chi connectivity index (χ1n) is 6.29. The van der Waals surface area contributed by atoms with Crippen molar-refractivity contribution in [1.82, 2.24) is 4.31 Å². The van der Waals surface area contributed by atoms with E-state index in [1.807, 2.05) is 6.92 Å². The Morgan fingerprint density at radius 2 is 1.90 bits per heavy atom. The van der Waals surface area contributed by atoms with Gasteiger partial charge in [-0.1, -0.05) is 0 Å². The predicted octanol–water partition coefficient (Wildman–Crippen LogP) is 1.18. The lowest BCUT2D eigenvalue weighted by Crippen LogP contribution is -2.50. The summed E-state index contributed by atoms with van der Waals surface area (Å²) in [5.41, 5.74) is 0.0624. The first-order valence-corrected chi connectivity index (χ1v) is 7.73. The third kappa shape index (κ3) is 2.84. The second-order valence-corrected chi connectivity index (χ2v) is 6.79. The lowest BCUT2D eigenvalue weighted by Gasteiger charge is -2.35. The van der Waals surface area contributed by atoms with E-state index in [-0.39, 0.29) is 22.6 Å². The zero-order chi connectivity index (χ0) is 14.9. The molecular formula is C13H17NO5S. The van der Waals surface area contributed by atoms with Crippen LogP contribution in [0.3, 0.4) is 0 Å². The van der Waals surface area contributed by atoms with Crippen LogP contribution < -0.4 is 0 Å². The Kier molecular flexibility index (Phi) is 4.12. The highest BCUT2D eigenvalue weighted by Gasteiger charge is 2.34. The van der Waals surface area contributed by atoms with E-state index in [2.05, 4.69) is 0 Å². The van der Waals surface area contributed by atoms with Crippen LogP contribution in [0.5, 0.6) is 0 Å². The minimum atomic E-state index is -3.63. The molecule has 1 N–H and O–H groups in total. The molecule has 1 heterocycles. The van der Waals surface area contributed by atoms with Gasteiger partial charge in [-0.2, -0.15) is 4.31 Å². The maximum atomic E-state index is 12.5. The van der Waals surface area contributed by atoms with Crippen LogP contribution in [0.15, 0.2) is 29.2 Å². The average molecular weight is 299 g/mol. The number of carbonyl (C=O) groups is 1. The lowest BCUT2D eigenvalue weighted by molar-refractivity contribution is -0.0170. The smallest absolute Gasteiger partial charge is 0.335 e. The normalized spacial score (nSPS) is 24.5. The SMILES string of the molecule is C[C@@H]1CO[C@@H](C)CN1S(=O)(=O)c1ccc(C(=O)O)cc1. The van der Waals surface area contributed by atoms with E-state index in [1.54, 1.807) is 6.92 Å². The fourth-order valence-corrected chi connectivity index (χ4v) is 3.80. The maximum Gasteiger partial charge on any atom is 0.335 e. The van der Waals surface area contributed by atoms with Crippen molar-refractivity contribution in [2.45, 2.75) is 30.9 Å². The van der Waals surface area contributed by atoms with Gasteiger partial charge in [-0.05, 0) is 38.1 Å². The van der Waals surface area contributed by atoms with Gasteiger partial charge in [-0.25, -0.2) is 13.2 Å². The molecule has 0 amide bonds. The van der Waals surface area contributed by atoms with Crippen molar-refractivity contribution in [3.8, 4) is 0 Å². The van der Waals surface area contributed by atoms with Gasteiger partial charge in [0.05, 0.1) is 23.2 Å². The first-order chi connectivity index (χ1) is 9.32. The van der Waals surface area contributed by atoms with Gasteiger partial charge in [-0.15, -0.1) is 0 Å². The van der Waals surface area contributed by atoms with Gasteiger partial charge in [-0.3, -0.25) is 0 Å². The number of nitrogens with zero attached hydrogens (tertiary/aromatic N) is 1. The van der Waals surface area contributed by atoms with Gasteiger partial charge in [0.1, 0.15) is 0 Å². The Hall–Kier alpha value is -1.44. The summed E-state index contributed by atoms with van der Waals surface area (Å²) in [6, 6.07) is 5.00. The number of sulfonamides is 1. The molecule has 1 aromatic carbocycles. The molecule has 0 aliphatic carbocycles. The largest absolute Gasteiger partial charge is 0.478 e. The van der Waals surface area contributed by atoms with Crippen molar-refractivity contribution >= 4 is 16.0 Å². The molecule has 0 aromatic heterocycles. The number of rotatable bonds is 3. The highest BCUT2D eigenvalue weighted by molar-refractivity contribution is 7.89. The number of benzene rings is 1. The molecule has 0 unspecified atom stereocenters. The van der Waals surface area contributed by atoms with E-state index in [4.69, 9.17) is 9.84 Å². The molecule has 6 nitrogen and oxygen atoms in total. The highest BCUT2D eigenvalue weighted by atomic mass is 32.2. The fourth-order valence-electron chi connectivity index (χ4n) is 2.11. The van der Waals surface area contributed by atoms with E-state index in [0.717, 1.165) is 0 Å². The number of carboxylic acid groups (broad SMARTS) is 1. The summed E-state index contributed by atoms with van der Waals surface area (Å²) in [6.07, 6.45) is -0.153. The summed E-state index contributed by atoms with van der Waals surface area (Å²) < 4.78 is 31.9. The van der Waals surface area contributed by atoms with Gasteiger partial charge < -0.3 is 9.84 Å². The van der Waals surface area contributed by atoms with Crippen LogP contribution in [0.4, 0.5) is 0 Å². The molecule has 1 fully saturated rings. The predicted molar refractivity (Wildman–Crippen MR) is 72.2 cm³/mol. The summed E-state index contributed by atoms with van der Waals surface area (Å²) in [6.45, 7) is 4.26. The van der Waals surface area contributed by atoms with Gasteiger partial charge in [0.2, 0.25) is 10.0 Å². The standard InChI is InChI=1S/C13H17NO5S/c1-9-8-19-10(2)7-14(9)20(17,18)12-5-3-11(4-6-12)13(15)16/h3-6,9-10H,7-8H2,1-2H3,(H,15,16)/t9-,10+/m1/s1. The molecular weight excluding hydrogens is 282 g/mol. The van der Waals surface area contributed by atoms with Crippen LogP contribution in [0.1, 0.15) is 24.2 Å². The molecule has 2 atom stereocenters. The number of aromatic carboxylic acids is 1. The summed E-state index contributed by atoms with van der Waals surface area (Å²) >= 11 is 0. The molecule has 0 saturated carbocycles. The molecule has 0 radical (unpaired) electrons. The number of ether oxygens (including phenoxy) is 1. The molecule has 1 saturated heterocycles.